The SMILES string of the molecule is O=C(CS)NCC1CN(c2ccc(N3CCSCC3)cc2)C(=O)O1. The van der Waals surface area contributed by atoms with Crippen LogP contribution in [0.2, 0.25) is 0 Å². The van der Waals surface area contributed by atoms with Crippen molar-refractivity contribution in [1.29, 1.82) is 0 Å². The van der Waals surface area contributed by atoms with Crippen molar-refractivity contribution in [3.63, 3.8) is 0 Å². The molecule has 2 saturated heterocycles. The lowest BCUT2D eigenvalue weighted by molar-refractivity contribution is -0.118. The first kappa shape index (κ1) is 17.3. The molecule has 0 bridgehead atoms. The van der Waals surface area contributed by atoms with Crippen molar-refractivity contribution >= 4 is 47.8 Å². The summed E-state index contributed by atoms with van der Waals surface area (Å²) < 4.78 is 5.30. The maximum atomic E-state index is 12.0. The van der Waals surface area contributed by atoms with Crippen LogP contribution >= 0.6 is 24.4 Å². The summed E-state index contributed by atoms with van der Waals surface area (Å²) in [5, 5.41) is 2.69. The Morgan fingerprint density at radius 1 is 1.25 bits per heavy atom. The highest BCUT2D eigenvalue weighted by Gasteiger charge is 2.32. The second-order valence-corrected chi connectivity index (χ2v) is 7.24. The van der Waals surface area contributed by atoms with Gasteiger partial charge in [0, 0.05) is 36.0 Å². The molecular formula is C16H21N3O3S2. The minimum atomic E-state index is -0.373. The monoisotopic (exact) mass is 367 g/mol. The Morgan fingerprint density at radius 2 is 1.92 bits per heavy atom. The van der Waals surface area contributed by atoms with Gasteiger partial charge in [0.05, 0.1) is 18.8 Å². The molecule has 0 aliphatic carbocycles. The summed E-state index contributed by atoms with van der Waals surface area (Å²) in [5.74, 6) is 2.26. The minimum Gasteiger partial charge on any atom is -0.442 e. The molecule has 1 N–H and O–H groups in total. The fraction of sp³-hybridized carbons (Fsp3) is 0.500. The molecule has 0 spiro atoms. The lowest BCUT2D eigenvalue weighted by Crippen LogP contribution is -2.35. The van der Waals surface area contributed by atoms with Crippen molar-refractivity contribution in [3.05, 3.63) is 24.3 Å². The molecule has 6 nitrogen and oxygen atoms in total. The van der Waals surface area contributed by atoms with Crippen LogP contribution in [-0.4, -0.2) is 61.5 Å². The molecule has 2 fully saturated rings. The third-order valence-corrected chi connectivity index (χ3v) is 5.31. The van der Waals surface area contributed by atoms with Gasteiger partial charge in [-0.15, -0.1) is 0 Å². The molecular weight excluding hydrogens is 346 g/mol. The van der Waals surface area contributed by atoms with Crippen LogP contribution in [0.1, 0.15) is 0 Å². The number of carbonyl (C=O) groups excluding carboxylic acids is 2. The fourth-order valence-electron chi connectivity index (χ4n) is 2.79. The Hall–Kier alpha value is -1.54. The number of benzene rings is 1. The number of rotatable bonds is 5. The highest BCUT2D eigenvalue weighted by Crippen LogP contribution is 2.26. The van der Waals surface area contributed by atoms with E-state index in [0.717, 1.165) is 30.3 Å². The average molecular weight is 367 g/mol. The molecule has 1 atom stereocenters. The maximum absolute atomic E-state index is 12.0. The topological polar surface area (TPSA) is 61.9 Å². The second-order valence-electron chi connectivity index (χ2n) is 5.69. The average Bonchev–Trinajstić information content (AvgIpc) is 3.01. The van der Waals surface area contributed by atoms with Crippen LogP contribution in [0.3, 0.4) is 0 Å². The molecule has 2 aliphatic heterocycles. The Balaban J connectivity index is 1.59. The van der Waals surface area contributed by atoms with Crippen LogP contribution in [-0.2, 0) is 9.53 Å². The van der Waals surface area contributed by atoms with Gasteiger partial charge in [-0.2, -0.15) is 24.4 Å². The first-order valence-corrected chi connectivity index (χ1v) is 9.74. The van der Waals surface area contributed by atoms with E-state index in [2.05, 4.69) is 35.0 Å². The Kier molecular flexibility index (Phi) is 5.78. The molecule has 1 aromatic rings. The van der Waals surface area contributed by atoms with E-state index in [0.29, 0.717) is 13.1 Å². The number of thiol groups is 1. The number of ether oxygens (including phenoxy) is 1. The number of thioether (sulfide) groups is 1. The van der Waals surface area contributed by atoms with E-state index >= 15 is 0 Å². The predicted octanol–water partition coefficient (Wildman–Crippen LogP) is 1.61. The Labute approximate surface area is 151 Å². The van der Waals surface area contributed by atoms with E-state index in [1.54, 1.807) is 4.90 Å². The van der Waals surface area contributed by atoms with Gasteiger partial charge in [0.25, 0.3) is 0 Å². The summed E-state index contributed by atoms with van der Waals surface area (Å²) in [7, 11) is 0. The van der Waals surface area contributed by atoms with Crippen molar-refractivity contribution in [2.75, 3.05) is 53.2 Å². The molecule has 24 heavy (non-hydrogen) atoms. The third-order valence-electron chi connectivity index (χ3n) is 4.08. The molecule has 1 aromatic carbocycles. The van der Waals surface area contributed by atoms with Crippen molar-refractivity contribution in [3.8, 4) is 0 Å². The lowest BCUT2D eigenvalue weighted by atomic mass is 10.2. The largest absolute Gasteiger partial charge is 0.442 e. The molecule has 130 valence electrons. The molecule has 0 saturated carbocycles. The standard InChI is InChI=1S/C16H21N3O3S2/c20-15(11-23)17-9-14-10-19(16(21)22-14)13-3-1-12(2-4-13)18-5-7-24-8-6-18/h1-4,14,23H,5-11H2,(H,17,20). The summed E-state index contributed by atoms with van der Waals surface area (Å²) in [6, 6.07) is 8.00. The summed E-state index contributed by atoms with van der Waals surface area (Å²) in [5.41, 5.74) is 2.00. The molecule has 0 radical (unpaired) electrons. The zero-order valence-electron chi connectivity index (χ0n) is 13.3. The number of nitrogens with one attached hydrogen (secondary N) is 1. The number of anilines is 2. The van der Waals surface area contributed by atoms with E-state index in [4.69, 9.17) is 4.74 Å². The van der Waals surface area contributed by atoms with E-state index in [-0.39, 0.29) is 23.9 Å². The summed E-state index contributed by atoms with van der Waals surface area (Å²) in [6.07, 6.45) is -0.706. The molecule has 2 heterocycles. The van der Waals surface area contributed by atoms with E-state index < -0.39 is 0 Å². The van der Waals surface area contributed by atoms with E-state index in [1.165, 1.54) is 5.69 Å². The zero-order chi connectivity index (χ0) is 16.9. The van der Waals surface area contributed by atoms with Gasteiger partial charge in [0.2, 0.25) is 5.91 Å². The van der Waals surface area contributed by atoms with E-state index in [1.807, 2.05) is 23.9 Å². The number of amides is 2. The zero-order valence-corrected chi connectivity index (χ0v) is 15.0. The summed E-state index contributed by atoms with van der Waals surface area (Å²) in [6.45, 7) is 2.86. The molecule has 2 aliphatic rings. The first-order chi connectivity index (χ1) is 11.7. The maximum Gasteiger partial charge on any atom is 0.414 e. The van der Waals surface area contributed by atoms with Crippen molar-refractivity contribution < 1.29 is 14.3 Å². The number of carbonyl (C=O) groups is 2. The van der Waals surface area contributed by atoms with Crippen LogP contribution in [0.5, 0.6) is 0 Å². The smallest absolute Gasteiger partial charge is 0.414 e. The molecule has 1 unspecified atom stereocenters. The van der Waals surface area contributed by atoms with Gasteiger partial charge in [-0.25, -0.2) is 4.79 Å². The van der Waals surface area contributed by atoms with Gasteiger partial charge < -0.3 is 15.0 Å². The summed E-state index contributed by atoms with van der Waals surface area (Å²) in [4.78, 5) is 27.3. The van der Waals surface area contributed by atoms with Gasteiger partial charge in [0.15, 0.2) is 0 Å². The number of nitrogens with zero attached hydrogens (tertiary/aromatic N) is 2. The van der Waals surface area contributed by atoms with Crippen molar-refractivity contribution in [2.24, 2.45) is 0 Å². The van der Waals surface area contributed by atoms with Crippen molar-refractivity contribution in [2.45, 2.75) is 6.10 Å². The third kappa shape index (κ3) is 4.10. The lowest BCUT2D eigenvalue weighted by Gasteiger charge is -2.28. The van der Waals surface area contributed by atoms with Crippen molar-refractivity contribution in [1.82, 2.24) is 5.32 Å². The fourth-order valence-corrected chi connectivity index (χ4v) is 3.80. The Morgan fingerprint density at radius 3 is 2.58 bits per heavy atom. The first-order valence-electron chi connectivity index (χ1n) is 7.96. The van der Waals surface area contributed by atoms with Gasteiger partial charge in [-0.05, 0) is 24.3 Å². The normalized spacial score (nSPS) is 20.9. The van der Waals surface area contributed by atoms with E-state index in [9.17, 15) is 9.59 Å². The van der Waals surface area contributed by atoms with Gasteiger partial charge >= 0.3 is 6.09 Å². The Bertz CT molecular complexity index is 591. The molecule has 0 aromatic heterocycles. The van der Waals surface area contributed by atoms with Gasteiger partial charge in [-0.3, -0.25) is 9.69 Å². The summed E-state index contributed by atoms with van der Waals surface area (Å²) >= 11 is 5.88. The molecule has 2 amide bonds. The molecule has 3 rings (SSSR count). The highest BCUT2D eigenvalue weighted by molar-refractivity contribution is 7.99. The predicted molar refractivity (Wildman–Crippen MR) is 100 cm³/mol. The quantitative estimate of drug-likeness (QED) is 0.775. The van der Waals surface area contributed by atoms with Crippen LogP contribution in [0.4, 0.5) is 16.2 Å². The van der Waals surface area contributed by atoms with Crippen LogP contribution < -0.4 is 15.1 Å². The molecule has 8 heteroatoms. The number of hydrogen-bond donors (Lipinski definition) is 2. The number of cyclic esters (lactones) is 1. The highest BCUT2D eigenvalue weighted by atomic mass is 32.2. The minimum absolute atomic E-state index is 0.126. The number of hydrogen-bond acceptors (Lipinski definition) is 6. The van der Waals surface area contributed by atoms with Crippen LogP contribution in [0.15, 0.2) is 24.3 Å². The van der Waals surface area contributed by atoms with Gasteiger partial charge in [-0.1, -0.05) is 0 Å². The van der Waals surface area contributed by atoms with Crippen LogP contribution in [0.25, 0.3) is 0 Å². The van der Waals surface area contributed by atoms with Gasteiger partial charge in [0.1, 0.15) is 6.10 Å². The van der Waals surface area contributed by atoms with Crippen LogP contribution in [0, 0.1) is 0 Å². The second kappa shape index (κ2) is 8.02.